The zero-order valence-electron chi connectivity index (χ0n) is 15.4. The lowest BCUT2D eigenvalue weighted by atomic mass is 9.96. The molecule has 2 aliphatic rings. The van der Waals surface area contributed by atoms with Gasteiger partial charge in [-0.3, -0.25) is 19.4 Å². The van der Waals surface area contributed by atoms with Gasteiger partial charge in [-0.05, 0) is 38.1 Å². The molecule has 1 aromatic carbocycles. The Morgan fingerprint density at radius 2 is 1.74 bits per heavy atom. The molecule has 2 N–H and O–H groups in total. The highest BCUT2D eigenvalue weighted by molar-refractivity contribution is 6.31. The summed E-state index contributed by atoms with van der Waals surface area (Å²) in [5.74, 6) is -0.492. The largest absolute Gasteiger partial charge is 0.369 e. The average Bonchev–Trinajstić information content (AvgIpc) is 2.66. The summed E-state index contributed by atoms with van der Waals surface area (Å²) in [5.41, 5.74) is 5.86. The number of amides is 2. The lowest BCUT2D eigenvalue weighted by molar-refractivity contribution is -0.134. The third kappa shape index (κ3) is 5.18. The monoisotopic (exact) mass is 396 g/mol. The van der Waals surface area contributed by atoms with Crippen LogP contribution in [0.15, 0.2) is 18.2 Å². The van der Waals surface area contributed by atoms with Gasteiger partial charge < -0.3 is 10.6 Å². The third-order valence-electron chi connectivity index (χ3n) is 5.52. The van der Waals surface area contributed by atoms with Crippen LogP contribution in [-0.2, 0) is 16.1 Å². The van der Waals surface area contributed by atoms with E-state index in [-0.39, 0.29) is 23.5 Å². The maximum Gasteiger partial charge on any atom is 0.236 e. The average molecular weight is 397 g/mol. The van der Waals surface area contributed by atoms with Crippen molar-refractivity contribution in [2.75, 3.05) is 45.8 Å². The van der Waals surface area contributed by atoms with Gasteiger partial charge in [0.05, 0.1) is 6.54 Å². The van der Waals surface area contributed by atoms with Crippen LogP contribution in [0.1, 0.15) is 18.4 Å². The first-order valence-electron chi connectivity index (χ1n) is 9.38. The number of nitrogens with zero attached hydrogens (tertiary/aromatic N) is 3. The lowest BCUT2D eigenvalue weighted by Crippen LogP contribution is -2.51. The molecule has 3 rings (SSSR count). The van der Waals surface area contributed by atoms with Crippen LogP contribution < -0.4 is 5.73 Å². The topological polar surface area (TPSA) is 69.9 Å². The van der Waals surface area contributed by atoms with E-state index < -0.39 is 0 Å². The molecule has 0 spiro atoms. The van der Waals surface area contributed by atoms with Crippen LogP contribution in [0.3, 0.4) is 0 Å². The molecule has 6 nitrogen and oxygen atoms in total. The molecule has 0 aliphatic carbocycles. The summed E-state index contributed by atoms with van der Waals surface area (Å²) in [6.07, 6.45) is 1.44. The van der Waals surface area contributed by atoms with E-state index in [1.807, 2.05) is 4.90 Å². The Balaban J connectivity index is 1.44. The van der Waals surface area contributed by atoms with E-state index in [1.165, 1.54) is 6.07 Å². The molecule has 2 fully saturated rings. The van der Waals surface area contributed by atoms with Gasteiger partial charge in [-0.2, -0.15) is 0 Å². The summed E-state index contributed by atoms with van der Waals surface area (Å²) in [4.78, 5) is 29.8. The van der Waals surface area contributed by atoms with Crippen molar-refractivity contribution in [2.45, 2.75) is 19.4 Å². The highest BCUT2D eigenvalue weighted by atomic mass is 35.5. The Labute approximate surface area is 164 Å². The van der Waals surface area contributed by atoms with Crippen LogP contribution in [0, 0.1) is 11.7 Å². The fourth-order valence-electron chi connectivity index (χ4n) is 3.73. The summed E-state index contributed by atoms with van der Waals surface area (Å²) < 4.78 is 13.9. The fourth-order valence-corrected chi connectivity index (χ4v) is 3.95. The Morgan fingerprint density at radius 3 is 2.33 bits per heavy atom. The quantitative estimate of drug-likeness (QED) is 0.815. The third-order valence-corrected chi connectivity index (χ3v) is 5.87. The molecule has 1 aromatic rings. The molecule has 2 saturated heterocycles. The highest BCUT2D eigenvalue weighted by Gasteiger charge is 2.27. The van der Waals surface area contributed by atoms with Crippen LogP contribution in [0.5, 0.6) is 0 Å². The first kappa shape index (κ1) is 20.0. The Morgan fingerprint density at radius 1 is 1.07 bits per heavy atom. The molecule has 27 heavy (non-hydrogen) atoms. The molecule has 2 heterocycles. The molecule has 2 amide bonds. The van der Waals surface area contributed by atoms with Gasteiger partial charge in [0.2, 0.25) is 11.8 Å². The van der Waals surface area contributed by atoms with Gasteiger partial charge in [0.15, 0.2) is 0 Å². The van der Waals surface area contributed by atoms with Crippen LogP contribution in [0.25, 0.3) is 0 Å². The summed E-state index contributed by atoms with van der Waals surface area (Å²) in [5, 5.41) is 0.438. The van der Waals surface area contributed by atoms with Crippen molar-refractivity contribution < 1.29 is 14.0 Å². The Bertz CT molecular complexity index is 666. The van der Waals surface area contributed by atoms with Crippen LogP contribution >= 0.6 is 11.6 Å². The number of piperazine rings is 1. The number of nitrogens with two attached hydrogens (primary N) is 1. The van der Waals surface area contributed by atoms with E-state index in [9.17, 15) is 14.0 Å². The molecular formula is C19H26ClFN4O2. The molecule has 2 aliphatic heterocycles. The molecule has 0 aromatic heterocycles. The van der Waals surface area contributed by atoms with Gasteiger partial charge in [0, 0.05) is 49.2 Å². The van der Waals surface area contributed by atoms with Crippen molar-refractivity contribution in [2.24, 2.45) is 11.7 Å². The fraction of sp³-hybridized carbons (Fsp3) is 0.579. The van der Waals surface area contributed by atoms with Crippen LogP contribution in [0.2, 0.25) is 5.02 Å². The van der Waals surface area contributed by atoms with E-state index in [2.05, 4.69) is 9.80 Å². The molecule has 0 saturated carbocycles. The second-order valence-corrected chi connectivity index (χ2v) is 7.72. The highest BCUT2D eigenvalue weighted by Crippen LogP contribution is 2.21. The number of carbonyl (C=O) groups excluding carboxylic acids is 2. The molecule has 0 atom stereocenters. The van der Waals surface area contributed by atoms with Gasteiger partial charge >= 0.3 is 0 Å². The van der Waals surface area contributed by atoms with E-state index in [0.717, 1.165) is 25.9 Å². The van der Waals surface area contributed by atoms with Gasteiger partial charge in [-0.1, -0.05) is 17.7 Å². The summed E-state index contributed by atoms with van der Waals surface area (Å²) in [6, 6.07) is 4.72. The number of hydrogen-bond acceptors (Lipinski definition) is 4. The molecule has 8 heteroatoms. The van der Waals surface area contributed by atoms with Crippen molar-refractivity contribution in [1.29, 1.82) is 0 Å². The van der Waals surface area contributed by atoms with E-state index in [4.69, 9.17) is 17.3 Å². The second-order valence-electron chi connectivity index (χ2n) is 7.31. The molecule has 148 valence electrons. The van der Waals surface area contributed by atoms with Gasteiger partial charge in [0.1, 0.15) is 5.82 Å². The predicted octanol–water partition coefficient (Wildman–Crippen LogP) is 1.32. The minimum absolute atomic E-state index is 0.0647. The molecule has 0 radical (unpaired) electrons. The van der Waals surface area contributed by atoms with Gasteiger partial charge in [-0.15, -0.1) is 0 Å². The Hall–Kier alpha value is -1.70. The number of carbonyl (C=O) groups is 2. The lowest BCUT2D eigenvalue weighted by Gasteiger charge is -2.37. The normalized spacial score (nSPS) is 20.0. The number of primary amides is 1. The van der Waals surface area contributed by atoms with Crippen LogP contribution in [0.4, 0.5) is 4.39 Å². The smallest absolute Gasteiger partial charge is 0.236 e. The number of benzene rings is 1. The van der Waals surface area contributed by atoms with Gasteiger partial charge in [0.25, 0.3) is 0 Å². The predicted molar refractivity (Wildman–Crippen MR) is 102 cm³/mol. The zero-order chi connectivity index (χ0) is 19.4. The van der Waals surface area contributed by atoms with Crippen molar-refractivity contribution in [3.8, 4) is 0 Å². The Kier molecular flexibility index (Phi) is 6.68. The molecule has 0 unspecified atom stereocenters. The van der Waals surface area contributed by atoms with Crippen molar-refractivity contribution >= 4 is 23.4 Å². The molecule has 0 bridgehead atoms. The zero-order valence-corrected chi connectivity index (χ0v) is 16.1. The number of hydrogen-bond donors (Lipinski definition) is 1. The van der Waals surface area contributed by atoms with E-state index in [1.54, 1.807) is 12.1 Å². The van der Waals surface area contributed by atoms with E-state index >= 15 is 0 Å². The summed E-state index contributed by atoms with van der Waals surface area (Å²) in [6.45, 7) is 4.93. The SMILES string of the molecule is NC(=O)C1CCN(CC(=O)N2CCN(Cc3c(F)cccc3Cl)CC2)CC1. The standard InChI is InChI=1S/C19H26ClFN4O2/c20-16-2-1-3-17(21)15(16)12-24-8-10-25(11-9-24)18(26)13-23-6-4-14(5-7-23)19(22)27/h1-3,14H,4-13H2,(H2,22,27). The first-order valence-corrected chi connectivity index (χ1v) is 9.76. The number of rotatable bonds is 5. The summed E-state index contributed by atoms with van der Waals surface area (Å²) in [7, 11) is 0. The van der Waals surface area contributed by atoms with Crippen molar-refractivity contribution in [3.63, 3.8) is 0 Å². The molecular weight excluding hydrogens is 371 g/mol. The minimum Gasteiger partial charge on any atom is -0.369 e. The van der Waals surface area contributed by atoms with Crippen LogP contribution in [-0.4, -0.2) is 72.3 Å². The van der Waals surface area contributed by atoms with Crippen molar-refractivity contribution in [3.05, 3.63) is 34.6 Å². The van der Waals surface area contributed by atoms with Gasteiger partial charge in [-0.25, -0.2) is 4.39 Å². The number of halogens is 2. The first-order chi connectivity index (χ1) is 12.9. The maximum atomic E-state index is 13.9. The van der Waals surface area contributed by atoms with E-state index in [0.29, 0.717) is 49.9 Å². The number of likely N-dealkylation sites (tertiary alicyclic amines) is 1. The van der Waals surface area contributed by atoms with Crippen molar-refractivity contribution in [1.82, 2.24) is 14.7 Å². The summed E-state index contributed by atoms with van der Waals surface area (Å²) >= 11 is 6.10. The minimum atomic E-state index is -0.291. The number of piperidine rings is 1. The maximum absolute atomic E-state index is 13.9. The second kappa shape index (κ2) is 8.99.